The molecule has 6 unspecified atom stereocenters. The molecule has 1 aliphatic rings. The lowest BCUT2D eigenvalue weighted by Gasteiger charge is -2.39. The Labute approximate surface area is 314 Å². The van der Waals surface area contributed by atoms with Crippen molar-refractivity contribution in [3.63, 3.8) is 0 Å². The third kappa shape index (κ3) is 24.8. The molecular formula is C42H72O10. The van der Waals surface area contributed by atoms with Crippen LogP contribution in [0.25, 0.3) is 0 Å². The van der Waals surface area contributed by atoms with Crippen molar-refractivity contribution >= 4 is 11.9 Å². The number of carbonyl (C=O) groups is 2. The van der Waals surface area contributed by atoms with Crippen molar-refractivity contribution in [3.8, 4) is 0 Å². The Morgan fingerprint density at radius 2 is 1.13 bits per heavy atom. The fourth-order valence-corrected chi connectivity index (χ4v) is 5.72. The number of hydrogen-bond acceptors (Lipinski definition) is 10. The van der Waals surface area contributed by atoms with Crippen LogP contribution in [0, 0.1) is 0 Å². The number of allylic oxidation sites excluding steroid dienone is 8. The van der Waals surface area contributed by atoms with Crippen LogP contribution in [-0.2, 0) is 28.5 Å². The van der Waals surface area contributed by atoms with Crippen molar-refractivity contribution in [2.24, 2.45) is 0 Å². The van der Waals surface area contributed by atoms with Gasteiger partial charge < -0.3 is 39.4 Å². The smallest absolute Gasteiger partial charge is 0.306 e. The number of aliphatic hydroxyl groups is 4. The monoisotopic (exact) mass is 737 g/mol. The third-order valence-corrected chi connectivity index (χ3v) is 8.95. The molecule has 0 aliphatic carbocycles. The average Bonchev–Trinajstić information content (AvgIpc) is 3.14. The number of aliphatic hydroxyl groups excluding tert-OH is 4. The normalized spacial score (nSPS) is 21.5. The van der Waals surface area contributed by atoms with Crippen molar-refractivity contribution < 1.29 is 49.0 Å². The molecule has 0 aromatic rings. The maximum Gasteiger partial charge on any atom is 0.306 e. The SMILES string of the molecule is CC/C=C\C/C=C\C/C=C\CCCCCCCC(=O)OC(COC(=O)CCCCCCC/C=C\CCCCC)COC1OC(CO)C(O)C(O)C1O. The first kappa shape index (κ1) is 47.7. The van der Waals surface area contributed by atoms with Crippen LogP contribution >= 0.6 is 0 Å². The topological polar surface area (TPSA) is 152 Å². The highest BCUT2D eigenvalue weighted by Crippen LogP contribution is 2.22. The first-order valence-electron chi connectivity index (χ1n) is 20.2. The van der Waals surface area contributed by atoms with Gasteiger partial charge in [0.05, 0.1) is 13.2 Å². The van der Waals surface area contributed by atoms with E-state index in [-0.39, 0.29) is 26.1 Å². The zero-order valence-corrected chi connectivity index (χ0v) is 32.3. The molecular weight excluding hydrogens is 664 g/mol. The fraction of sp³-hybridized carbons (Fsp3) is 0.762. The Morgan fingerprint density at radius 1 is 0.615 bits per heavy atom. The van der Waals surface area contributed by atoms with Crippen LogP contribution in [0.5, 0.6) is 0 Å². The Bertz CT molecular complexity index is 991. The zero-order valence-electron chi connectivity index (χ0n) is 32.3. The number of rotatable bonds is 32. The van der Waals surface area contributed by atoms with Gasteiger partial charge in [0.25, 0.3) is 0 Å². The Kier molecular flexibility index (Phi) is 30.5. The van der Waals surface area contributed by atoms with E-state index in [2.05, 4.69) is 62.5 Å². The molecule has 0 aromatic heterocycles. The third-order valence-electron chi connectivity index (χ3n) is 8.95. The minimum atomic E-state index is -1.60. The van der Waals surface area contributed by atoms with Gasteiger partial charge in [0, 0.05) is 12.8 Å². The lowest BCUT2D eigenvalue weighted by molar-refractivity contribution is -0.305. The average molecular weight is 737 g/mol. The summed E-state index contributed by atoms with van der Waals surface area (Å²) in [4.78, 5) is 25.2. The van der Waals surface area contributed by atoms with E-state index in [1.165, 1.54) is 19.3 Å². The van der Waals surface area contributed by atoms with E-state index >= 15 is 0 Å². The Hall–Kier alpha value is -2.34. The van der Waals surface area contributed by atoms with E-state index in [9.17, 15) is 30.0 Å². The predicted octanol–water partition coefficient (Wildman–Crippen LogP) is 7.71. The minimum absolute atomic E-state index is 0.207. The molecule has 6 atom stereocenters. The molecule has 0 spiro atoms. The molecule has 0 amide bonds. The van der Waals surface area contributed by atoms with E-state index in [0.717, 1.165) is 89.9 Å². The van der Waals surface area contributed by atoms with Crippen molar-refractivity contribution in [2.45, 2.75) is 185 Å². The summed E-state index contributed by atoms with van der Waals surface area (Å²) < 4.78 is 22.1. The summed E-state index contributed by atoms with van der Waals surface area (Å²) in [5, 5.41) is 39.9. The second kappa shape index (κ2) is 33.2. The van der Waals surface area contributed by atoms with Gasteiger partial charge in [-0.25, -0.2) is 0 Å². The van der Waals surface area contributed by atoms with Gasteiger partial charge in [-0.3, -0.25) is 9.59 Å². The highest BCUT2D eigenvalue weighted by Gasteiger charge is 2.44. The predicted molar refractivity (Wildman–Crippen MR) is 205 cm³/mol. The molecule has 1 fully saturated rings. The molecule has 10 nitrogen and oxygen atoms in total. The van der Waals surface area contributed by atoms with E-state index < -0.39 is 55.4 Å². The van der Waals surface area contributed by atoms with Crippen molar-refractivity contribution in [1.82, 2.24) is 0 Å². The maximum absolute atomic E-state index is 12.7. The molecule has 1 rings (SSSR count). The van der Waals surface area contributed by atoms with E-state index in [4.69, 9.17) is 18.9 Å². The molecule has 300 valence electrons. The summed E-state index contributed by atoms with van der Waals surface area (Å²) in [5.41, 5.74) is 0. The van der Waals surface area contributed by atoms with E-state index in [1.807, 2.05) is 0 Å². The van der Waals surface area contributed by atoms with Crippen LogP contribution in [0.15, 0.2) is 48.6 Å². The molecule has 1 aliphatic heterocycles. The van der Waals surface area contributed by atoms with Crippen LogP contribution in [0.3, 0.4) is 0 Å². The molecule has 0 bridgehead atoms. The van der Waals surface area contributed by atoms with Crippen LogP contribution in [0.1, 0.15) is 149 Å². The number of unbranched alkanes of at least 4 members (excludes halogenated alkanes) is 13. The van der Waals surface area contributed by atoms with Gasteiger partial charge in [-0.15, -0.1) is 0 Å². The van der Waals surface area contributed by atoms with Gasteiger partial charge in [0.15, 0.2) is 12.4 Å². The highest BCUT2D eigenvalue weighted by atomic mass is 16.7. The molecule has 1 heterocycles. The molecule has 52 heavy (non-hydrogen) atoms. The van der Waals surface area contributed by atoms with Gasteiger partial charge in [-0.1, -0.05) is 114 Å². The van der Waals surface area contributed by atoms with Crippen molar-refractivity contribution in [3.05, 3.63) is 48.6 Å². The first-order chi connectivity index (χ1) is 25.3. The van der Waals surface area contributed by atoms with E-state index in [0.29, 0.717) is 12.8 Å². The standard InChI is InChI=1S/C42H72O10/c1-3-5-7-9-11-13-15-17-18-19-21-23-25-27-29-31-38(45)51-35(34-50-42-41(48)40(47)39(46)36(32-43)52-42)33-49-37(44)30-28-26-24-22-20-16-14-12-10-8-6-4-2/h5,7,11-14,17-18,35-36,39-43,46-48H,3-4,6,8-10,15-16,19-34H2,1-2H3/b7-5-,13-11-,14-12-,18-17-. The number of carbonyl (C=O) groups excluding carboxylic acids is 2. The maximum atomic E-state index is 12.7. The summed E-state index contributed by atoms with van der Waals surface area (Å²) in [7, 11) is 0. The lowest BCUT2D eigenvalue weighted by Crippen LogP contribution is -2.59. The summed E-state index contributed by atoms with van der Waals surface area (Å²) >= 11 is 0. The van der Waals surface area contributed by atoms with E-state index in [1.54, 1.807) is 0 Å². The van der Waals surface area contributed by atoms with Crippen molar-refractivity contribution in [2.75, 3.05) is 19.8 Å². The summed E-state index contributed by atoms with van der Waals surface area (Å²) in [6, 6.07) is 0. The van der Waals surface area contributed by atoms with Crippen LogP contribution in [0.4, 0.5) is 0 Å². The molecule has 0 aromatic carbocycles. The second-order valence-electron chi connectivity index (χ2n) is 13.7. The molecule has 1 saturated heterocycles. The van der Waals surface area contributed by atoms with Gasteiger partial charge in [-0.05, 0) is 70.6 Å². The van der Waals surface area contributed by atoms with Crippen LogP contribution in [-0.4, -0.2) is 89.0 Å². The molecule has 0 saturated carbocycles. The largest absolute Gasteiger partial charge is 0.462 e. The zero-order chi connectivity index (χ0) is 38.1. The fourth-order valence-electron chi connectivity index (χ4n) is 5.72. The van der Waals surface area contributed by atoms with Gasteiger partial charge in [-0.2, -0.15) is 0 Å². The van der Waals surface area contributed by atoms with Crippen molar-refractivity contribution in [1.29, 1.82) is 0 Å². The van der Waals surface area contributed by atoms with Gasteiger partial charge >= 0.3 is 11.9 Å². The summed E-state index contributed by atoms with van der Waals surface area (Å²) in [5.74, 6) is -0.842. The van der Waals surface area contributed by atoms with Crippen LogP contribution in [0.2, 0.25) is 0 Å². The number of esters is 2. The first-order valence-corrected chi connectivity index (χ1v) is 20.2. The lowest BCUT2D eigenvalue weighted by atomic mass is 9.99. The molecule has 10 heteroatoms. The quantitative estimate of drug-likeness (QED) is 0.0307. The number of hydrogen-bond donors (Lipinski definition) is 4. The van der Waals surface area contributed by atoms with Gasteiger partial charge in [0.1, 0.15) is 31.0 Å². The Morgan fingerprint density at radius 3 is 1.73 bits per heavy atom. The molecule has 4 N–H and O–H groups in total. The number of ether oxygens (including phenoxy) is 4. The Balaban J connectivity index is 2.40. The highest BCUT2D eigenvalue weighted by molar-refractivity contribution is 5.70. The molecule has 0 radical (unpaired) electrons. The van der Waals surface area contributed by atoms with Gasteiger partial charge in [0.2, 0.25) is 0 Å². The second-order valence-corrected chi connectivity index (χ2v) is 13.7. The summed E-state index contributed by atoms with van der Waals surface area (Å²) in [6.07, 6.45) is 29.7. The van der Waals surface area contributed by atoms with Crippen LogP contribution < -0.4 is 0 Å². The minimum Gasteiger partial charge on any atom is -0.462 e. The summed E-state index contributed by atoms with van der Waals surface area (Å²) in [6.45, 7) is 3.23.